The Balaban J connectivity index is 2.08. The number of amides is 1. The lowest BCUT2D eigenvalue weighted by atomic mass is 10.1. The summed E-state index contributed by atoms with van der Waals surface area (Å²) in [5.41, 5.74) is 3.69. The van der Waals surface area contributed by atoms with Crippen LogP contribution in [-0.4, -0.2) is 28.9 Å². The summed E-state index contributed by atoms with van der Waals surface area (Å²) in [6.07, 6.45) is 8.77. The van der Waals surface area contributed by atoms with Crippen LogP contribution in [-0.2, 0) is 0 Å². The molecule has 0 radical (unpaired) electrons. The highest BCUT2D eigenvalue weighted by Gasteiger charge is 2.22. The summed E-state index contributed by atoms with van der Waals surface area (Å²) in [5.74, 6) is 5.33. The molecule has 104 valence electrons. The van der Waals surface area contributed by atoms with Crippen molar-refractivity contribution in [3.8, 4) is 0 Å². The zero-order valence-corrected chi connectivity index (χ0v) is 11.4. The Morgan fingerprint density at radius 1 is 1.37 bits per heavy atom. The molecule has 1 amide bonds. The summed E-state index contributed by atoms with van der Waals surface area (Å²) >= 11 is 0. The van der Waals surface area contributed by atoms with Crippen molar-refractivity contribution in [1.82, 2.24) is 9.88 Å². The van der Waals surface area contributed by atoms with Crippen molar-refractivity contribution in [2.45, 2.75) is 44.6 Å². The van der Waals surface area contributed by atoms with Gasteiger partial charge in [-0.15, -0.1) is 0 Å². The summed E-state index contributed by atoms with van der Waals surface area (Å²) in [4.78, 5) is 18.4. The molecule has 0 aliphatic heterocycles. The van der Waals surface area contributed by atoms with E-state index in [2.05, 4.69) is 10.4 Å². The minimum Gasteiger partial charge on any atom is -0.337 e. The number of nitrogens with one attached hydrogen (secondary N) is 1. The summed E-state index contributed by atoms with van der Waals surface area (Å²) in [5, 5.41) is 0. The Morgan fingerprint density at radius 2 is 2.05 bits per heavy atom. The maximum Gasteiger partial charge on any atom is 0.272 e. The fourth-order valence-electron chi connectivity index (χ4n) is 2.63. The maximum absolute atomic E-state index is 12.4. The number of nitrogens with two attached hydrogens (primary N) is 1. The van der Waals surface area contributed by atoms with E-state index in [1.165, 1.54) is 25.7 Å². The van der Waals surface area contributed by atoms with Crippen molar-refractivity contribution in [1.29, 1.82) is 0 Å². The number of nitrogens with zero attached hydrogens (tertiary/aromatic N) is 2. The molecule has 1 aliphatic carbocycles. The lowest BCUT2D eigenvalue weighted by Crippen LogP contribution is -2.37. The van der Waals surface area contributed by atoms with Gasteiger partial charge < -0.3 is 10.3 Å². The Bertz CT molecular complexity index is 427. The highest BCUT2D eigenvalue weighted by Crippen LogP contribution is 2.22. The first-order valence-electron chi connectivity index (χ1n) is 6.92. The number of hydrogen-bond acceptors (Lipinski definition) is 4. The summed E-state index contributed by atoms with van der Waals surface area (Å²) in [6.45, 7) is 0. The van der Waals surface area contributed by atoms with Crippen molar-refractivity contribution in [3.05, 3.63) is 24.0 Å². The number of carbonyl (C=O) groups is 1. The number of nitrogen functional groups attached to an aromatic ring is 1. The highest BCUT2D eigenvalue weighted by atomic mass is 16.2. The predicted molar refractivity (Wildman–Crippen MR) is 75.6 cm³/mol. The van der Waals surface area contributed by atoms with E-state index in [9.17, 15) is 4.79 Å². The van der Waals surface area contributed by atoms with Crippen LogP contribution in [0, 0.1) is 0 Å². The molecule has 5 heteroatoms. The van der Waals surface area contributed by atoms with E-state index in [-0.39, 0.29) is 5.91 Å². The van der Waals surface area contributed by atoms with Crippen LogP contribution < -0.4 is 11.3 Å². The van der Waals surface area contributed by atoms with E-state index < -0.39 is 0 Å². The van der Waals surface area contributed by atoms with Gasteiger partial charge in [0.25, 0.3) is 5.91 Å². The number of hydrogen-bond donors (Lipinski definition) is 2. The van der Waals surface area contributed by atoms with Gasteiger partial charge in [-0.3, -0.25) is 15.6 Å². The van der Waals surface area contributed by atoms with Gasteiger partial charge in [-0.05, 0) is 25.0 Å². The van der Waals surface area contributed by atoms with Crippen LogP contribution in [0.15, 0.2) is 18.3 Å². The van der Waals surface area contributed by atoms with Gasteiger partial charge in [0.2, 0.25) is 0 Å². The van der Waals surface area contributed by atoms with Crippen LogP contribution in [0.5, 0.6) is 0 Å². The predicted octanol–water partition coefficient (Wildman–Crippen LogP) is 2.16. The number of hydrazine groups is 1. The third kappa shape index (κ3) is 3.44. The van der Waals surface area contributed by atoms with E-state index in [1.54, 1.807) is 18.3 Å². The molecule has 0 spiro atoms. The number of pyridine rings is 1. The number of anilines is 1. The number of aromatic nitrogens is 1. The van der Waals surface area contributed by atoms with Crippen LogP contribution in [0.1, 0.15) is 49.0 Å². The molecule has 0 bridgehead atoms. The molecule has 1 aliphatic rings. The normalized spacial score (nSPS) is 16.7. The van der Waals surface area contributed by atoms with E-state index in [0.29, 0.717) is 17.4 Å². The molecule has 0 saturated heterocycles. The van der Waals surface area contributed by atoms with Gasteiger partial charge in [0.15, 0.2) is 0 Å². The molecular weight excluding hydrogens is 240 g/mol. The first-order chi connectivity index (χ1) is 9.22. The van der Waals surface area contributed by atoms with Crippen molar-refractivity contribution in [3.63, 3.8) is 0 Å². The van der Waals surface area contributed by atoms with Crippen LogP contribution >= 0.6 is 0 Å². The fraction of sp³-hybridized carbons (Fsp3) is 0.571. The van der Waals surface area contributed by atoms with Crippen LogP contribution in [0.25, 0.3) is 0 Å². The molecule has 0 unspecified atom stereocenters. The molecule has 19 heavy (non-hydrogen) atoms. The van der Waals surface area contributed by atoms with Crippen LogP contribution in [0.4, 0.5) is 5.69 Å². The molecule has 2 rings (SSSR count). The second-order valence-corrected chi connectivity index (χ2v) is 5.14. The average Bonchev–Trinajstić information content (AvgIpc) is 2.75. The second kappa shape index (κ2) is 6.52. The standard InChI is InChI=1S/C14H22N4O/c1-18(12-6-4-2-3-5-7-12)14(19)13-10-11(17-15)8-9-16-13/h8-10,12H,2-7,15H2,1H3,(H,16,17). The molecule has 1 aromatic rings. The first-order valence-corrected chi connectivity index (χ1v) is 6.92. The first kappa shape index (κ1) is 13.8. The van der Waals surface area contributed by atoms with E-state index in [1.807, 2.05) is 11.9 Å². The quantitative estimate of drug-likeness (QED) is 0.497. The minimum absolute atomic E-state index is 0.0241. The monoisotopic (exact) mass is 262 g/mol. The smallest absolute Gasteiger partial charge is 0.272 e. The van der Waals surface area contributed by atoms with Gasteiger partial charge in [0, 0.05) is 19.3 Å². The second-order valence-electron chi connectivity index (χ2n) is 5.14. The average molecular weight is 262 g/mol. The minimum atomic E-state index is -0.0241. The Hall–Kier alpha value is -1.62. The summed E-state index contributed by atoms with van der Waals surface area (Å²) < 4.78 is 0. The van der Waals surface area contributed by atoms with Gasteiger partial charge in [0.1, 0.15) is 5.69 Å². The maximum atomic E-state index is 12.4. The third-order valence-electron chi connectivity index (χ3n) is 3.84. The molecule has 5 nitrogen and oxygen atoms in total. The Morgan fingerprint density at radius 3 is 2.68 bits per heavy atom. The van der Waals surface area contributed by atoms with Gasteiger partial charge in [-0.2, -0.15) is 0 Å². The fourth-order valence-corrected chi connectivity index (χ4v) is 2.63. The van der Waals surface area contributed by atoms with E-state index in [4.69, 9.17) is 5.84 Å². The van der Waals surface area contributed by atoms with Gasteiger partial charge in [-0.25, -0.2) is 0 Å². The molecule has 1 aromatic heterocycles. The zero-order valence-electron chi connectivity index (χ0n) is 11.4. The summed E-state index contributed by atoms with van der Waals surface area (Å²) in [7, 11) is 1.88. The van der Waals surface area contributed by atoms with Crippen molar-refractivity contribution >= 4 is 11.6 Å². The molecular formula is C14H22N4O. The number of rotatable bonds is 3. The lowest BCUT2D eigenvalue weighted by molar-refractivity contribution is 0.0712. The van der Waals surface area contributed by atoms with Crippen LogP contribution in [0.3, 0.4) is 0 Å². The van der Waals surface area contributed by atoms with Crippen molar-refractivity contribution in [2.24, 2.45) is 5.84 Å². The van der Waals surface area contributed by atoms with Gasteiger partial charge in [-0.1, -0.05) is 25.7 Å². The Labute approximate surface area is 114 Å². The molecule has 0 atom stereocenters. The van der Waals surface area contributed by atoms with Gasteiger partial charge in [0.05, 0.1) is 5.69 Å². The molecule has 1 fully saturated rings. The topological polar surface area (TPSA) is 71.2 Å². The van der Waals surface area contributed by atoms with Crippen molar-refractivity contribution in [2.75, 3.05) is 12.5 Å². The SMILES string of the molecule is CN(C(=O)c1cc(NN)ccn1)C1CCCCCC1. The van der Waals surface area contributed by atoms with Gasteiger partial charge >= 0.3 is 0 Å². The largest absolute Gasteiger partial charge is 0.337 e. The third-order valence-corrected chi connectivity index (χ3v) is 3.84. The zero-order chi connectivity index (χ0) is 13.7. The number of carbonyl (C=O) groups excluding carboxylic acids is 1. The molecule has 1 heterocycles. The Kier molecular flexibility index (Phi) is 4.74. The van der Waals surface area contributed by atoms with Crippen LogP contribution in [0.2, 0.25) is 0 Å². The van der Waals surface area contributed by atoms with E-state index >= 15 is 0 Å². The molecule has 0 aromatic carbocycles. The highest BCUT2D eigenvalue weighted by molar-refractivity contribution is 5.93. The van der Waals surface area contributed by atoms with Crippen molar-refractivity contribution < 1.29 is 4.79 Å². The molecule has 1 saturated carbocycles. The van der Waals surface area contributed by atoms with E-state index in [0.717, 1.165) is 12.8 Å². The molecule has 3 N–H and O–H groups in total. The lowest BCUT2D eigenvalue weighted by Gasteiger charge is -2.27. The summed E-state index contributed by atoms with van der Waals surface area (Å²) in [6, 6.07) is 3.77.